The summed E-state index contributed by atoms with van der Waals surface area (Å²) in [6, 6.07) is -0.00212. The molecule has 12 atom stereocenters. The number of rotatable bonds is 2. The number of nitrogens with zero attached hydrogens (tertiary/aromatic N) is 1. The Morgan fingerprint density at radius 2 is 1.97 bits per heavy atom. The van der Waals surface area contributed by atoms with E-state index in [1.165, 1.54) is 0 Å². The summed E-state index contributed by atoms with van der Waals surface area (Å²) in [6.45, 7) is 6.59. The Morgan fingerprint density at radius 1 is 1.17 bits per heavy atom. The van der Waals surface area contributed by atoms with Crippen LogP contribution in [0.15, 0.2) is 0 Å². The van der Waals surface area contributed by atoms with Crippen LogP contribution >= 0.6 is 0 Å². The third kappa shape index (κ3) is 1.50. The number of aliphatic hydroxyl groups excluding tert-OH is 2. The highest BCUT2D eigenvalue weighted by molar-refractivity contribution is 5.44. The number of methoxy groups -OCH3 is 1. The highest BCUT2D eigenvalue weighted by Crippen LogP contribution is 2.82. The van der Waals surface area contributed by atoms with E-state index in [-0.39, 0.29) is 42.1 Å². The number of ether oxygens (including phenoxy) is 3. The first kappa shape index (κ1) is 19.2. The van der Waals surface area contributed by atoms with Gasteiger partial charge in [0.15, 0.2) is 0 Å². The molecule has 5 saturated carbocycles. The summed E-state index contributed by atoms with van der Waals surface area (Å²) in [7, 11) is 1.70. The van der Waals surface area contributed by atoms with Crippen molar-refractivity contribution in [2.45, 2.75) is 87.1 Å². The van der Waals surface area contributed by atoms with Crippen LogP contribution < -0.4 is 0 Å². The maximum absolute atomic E-state index is 12.5. The highest BCUT2D eigenvalue weighted by Gasteiger charge is 2.94. The van der Waals surface area contributed by atoms with Crippen LogP contribution in [0.1, 0.15) is 46.0 Å². The summed E-state index contributed by atoms with van der Waals surface area (Å²) >= 11 is 0. The van der Waals surface area contributed by atoms with Gasteiger partial charge in [0.05, 0.1) is 24.4 Å². The maximum Gasteiger partial charge on any atom is 0.148 e. The van der Waals surface area contributed by atoms with Crippen molar-refractivity contribution in [2.75, 3.05) is 27.0 Å². The van der Waals surface area contributed by atoms with Crippen LogP contribution in [-0.2, 0) is 14.2 Å². The number of likely N-dealkylation sites (N-methyl/N-ethyl adjacent to an activating group) is 1. The zero-order valence-electron chi connectivity index (χ0n) is 18.2. The van der Waals surface area contributed by atoms with Gasteiger partial charge in [-0.3, -0.25) is 4.90 Å². The molecule has 7 fully saturated rings. The van der Waals surface area contributed by atoms with Gasteiger partial charge in [0, 0.05) is 37.3 Å². The summed E-state index contributed by atoms with van der Waals surface area (Å²) < 4.78 is 19.0. The second-order valence-electron chi connectivity index (χ2n) is 11.8. The summed E-state index contributed by atoms with van der Waals surface area (Å²) in [5.41, 5.74) is -3.55. The molecule has 168 valence electrons. The fourth-order valence-corrected chi connectivity index (χ4v) is 10.8. The predicted molar refractivity (Wildman–Crippen MR) is 105 cm³/mol. The van der Waals surface area contributed by atoms with Gasteiger partial charge in [-0.2, -0.15) is 0 Å². The van der Waals surface area contributed by atoms with Crippen LogP contribution in [0.3, 0.4) is 0 Å². The monoisotopic (exact) mass is 421 g/mol. The highest BCUT2D eigenvalue weighted by atomic mass is 16.7. The summed E-state index contributed by atoms with van der Waals surface area (Å²) in [4.78, 5) is 2.53. The van der Waals surface area contributed by atoms with Gasteiger partial charge in [0.2, 0.25) is 0 Å². The quantitative estimate of drug-likeness (QED) is 0.598. The van der Waals surface area contributed by atoms with Crippen LogP contribution in [0.5, 0.6) is 0 Å². The minimum absolute atomic E-state index is 0.00212. The van der Waals surface area contributed by atoms with E-state index in [1.807, 2.05) is 0 Å². The molecule has 2 heterocycles. The van der Waals surface area contributed by atoms with Crippen molar-refractivity contribution < 1.29 is 29.5 Å². The SMILES string of the molecule is CCN1CC2(C)CCC(O)C34C2CC2(OCOC25CC(OC)C2CC3C5(O)C2O)C14. The molecule has 7 heteroatoms. The second kappa shape index (κ2) is 5.27. The zero-order valence-corrected chi connectivity index (χ0v) is 18.2. The van der Waals surface area contributed by atoms with Crippen LogP contribution in [0, 0.1) is 28.6 Å². The summed E-state index contributed by atoms with van der Waals surface area (Å²) in [6.07, 6.45) is 2.15. The van der Waals surface area contributed by atoms with Gasteiger partial charge in [0.1, 0.15) is 23.6 Å². The lowest BCUT2D eigenvalue weighted by Gasteiger charge is -2.71. The van der Waals surface area contributed by atoms with Crippen LogP contribution in [-0.4, -0.2) is 88.4 Å². The third-order valence-electron chi connectivity index (χ3n) is 11.5. The number of hydrogen-bond acceptors (Lipinski definition) is 7. The first-order valence-corrected chi connectivity index (χ1v) is 11.9. The van der Waals surface area contributed by atoms with Crippen LogP contribution in [0.25, 0.3) is 0 Å². The second-order valence-corrected chi connectivity index (χ2v) is 11.8. The average molecular weight is 422 g/mol. The molecule has 7 aliphatic rings. The lowest BCUT2D eigenvalue weighted by Crippen LogP contribution is -2.86. The first-order chi connectivity index (χ1) is 14.3. The molecule has 2 aliphatic heterocycles. The average Bonchev–Trinajstić information content (AvgIpc) is 3.27. The van der Waals surface area contributed by atoms with E-state index in [9.17, 15) is 15.3 Å². The lowest BCUT2D eigenvalue weighted by molar-refractivity contribution is -0.336. The number of piperidine rings is 1. The molecule has 2 saturated heterocycles. The number of hydrogen-bond donors (Lipinski definition) is 3. The molecular formula is C23H35NO6. The number of fused-ring (bicyclic) bond motifs is 1. The van der Waals surface area contributed by atoms with Gasteiger partial charge in [0.25, 0.3) is 0 Å². The largest absolute Gasteiger partial charge is 0.392 e. The molecule has 12 unspecified atom stereocenters. The van der Waals surface area contributed by atoms with Gasteiger partial charge < -0.3 is 29.5 Å². The molecule has 3 N–H and O–H groups in total. The van der Waals surface area contributed by atoms with E-state index in [1.54, 1.807) is 7.11 Å². The molecule has 0 aromatic rings. The van der Waals surface area contributed by atoms with Crippen LogP contribution in [0.4, 0.5) is 0 Å². The van der Waals surface area contributed by atoms with Crippen LogP contribution in [0.2, 0.25) is 0 Å². The van der Waals surface area contributed by atoms with Crippen molar-refractivity contribution in [1.82, 2.24) is 4.90 Å². The van der Waals surface area contributed by atoms with Gasteiger partial charge in [-0.15, -0.1) is 0 Å². The van der Waals surface area contributed by atoms with E-state index in [4.69, 9.17) is 14.2 Å². The van der Waals surface area contributed by atoms with E-state index in [2.05, 4.69) is 18.7 Å². The van der Waals surface area contributed by atoms with E-state index in [0.717, 1.165) is 32.4 Å². The topological polar surface area (TPSA) is 91.6 Å². The Labute approximate surface area is 177 Å². The molecule has 7 nitrogen and oxygen atoms in total. The molecule has 30 heavy (non-hydrogen) atoms. The molecule has 3 spiro atoms. The molecule has 7 bridgehead atoms. The smallest absolute Gasteiger partial charge is 0.148 e. The van der Waals surface area contributed by atoms with Gasteiger partial charge in [-0.1, -0.05) is 13.8 Å². The number of likely N-dealkylation sites (tertiary alicyclic amines) is 1. The Balaban J connectivity index is 1.57. The summed E-state index contributed by atoms with van der Waals surface area (Å²) in [5, 5.41) is 35.8. The van der Waals surface area contributed by atoms with E-state index in [0.29, 0.717) is 12.8 Å². The van der Waals surface area contributed by atoms with Gasteiger partial charge >= 0.3 is 0 Å². The van der Waals surface area contributed by atoms with Gasteiger partial charge in [-0.25, -0.2) is 0 Å². The van der Waals surface area contributed by atoms with Gasteiger partial charge in [-0.05, 0) is 43.6 Å². The number of aliphatic hydroxyl groups is 3. The minimum Gasteiger partial charge on any atom is -0.392 e. The van der Waals surface area contributed by atoms with Crippen molar-refractivity contribution in [2.24, 2.45) is 28.6 Å². The van der Waals surface area contributed by atoms with Crippen molar-refractivity contribution in [3.05, 3.63) is 0 Å². The minimum atomic E-state index is -1.41. The Hall–Kier alpha value is -0.280. The molecule has 0 aromatic carbocycles. The third-order valence-corrected chi connectivity index (χ3v) is 11.5. The van der Waals surface area contributed by atoms with E-state index >= 15 is 0 Å². The van der Waals surface area contributed by atoms with E-state index < -0.39 is 34.4 Å². The fourth-order valence-electron chi connectivity index (χ4n) is 10.8. The fraction of sp³-hybridized carbons (Fsp3) is 1.00. The van der Waals surface area contributed by atoms with Crippen molar-refractivity contribution in [3.8, 4) is 0 Å². The molecule has 0 amide bonds. The van der Waals surface area contributed by atoms with Crippen molar-refractivity contribution >= 4 is 0 Å². The molecular weight excluding hydrogens is 386 g/mol. The standard InChI is InChI=1S/C23H35NO6/c1-4-24-10-19(2)6-5-16(25)22-14-7-12-13(28-3)8-21(23(14,27)17(12)26)20(18(22)24,9-15(19)22)29-11-30-21/h12-18,25-27H,4-11H2,1-3H3. The molecule has 5 aliphatic carbocycles. The first-order valence-electron chi connectivity index (χ1n) is 11.9. The Bertz CT molecular complexity index is 811. The lowest BCUT2D eigenvalue weighted by atomic mass is 9.41. The molecule has 7 rings (SSSR count). The normalized spacial score (nSPS) is 67.6. The Kier molecular flexibility index (Phi) is 3.37. The molecule has 0 radical (unpaired) electrons. The Morgan fingerprint density at radius 3 is 2.70 bits per heavy atom. The van der Waals surface area contributed by atoms with Crippen molar-refractivity contribution in [1.29, 1.82) is 0 Å². The van der Waals surface area contributed by atoms with Crippen molar-refractivity contribution in [3.63, 3.8) is 0 Å². The summed E-state index contributed by atoms with van der Waals surface area (Å²) in [5.74, 6) is -0.102. The zero-order chi connectivity index (χ0) is 20.9. The predicted octanol–water partition coefficient (Wildman–Crippen LogP) is 0.500. The molecule has 0 aromatic heterocycles. The maximum atomic E-state index is 12.5.